The zero-order valence-corrected chi connectivity index (χ0v) is 11.3. The van der Waals surface area contributed by atoms with Crippen LogP contribution in [0.4, 0.5) is 0 Å². The van der Waals surface area contributed by atoms with Crippen molar-refractivity contribution < 1.29 is 14.7 Å². The van der Waals surface area contributed by atoms with Gasteiger partial charge in [-0.3, -0.25) is 4.79 Å². The largest absolute Gasteiger partial charge is 0.478 e. The maximum absolute atomic E-state index is 11.0. The van der Waals surface area contributed by atoms with Gasteiger partial charge < -0.3 is 10.8 Å². The fourth-order valence-electron chi connectivity index (χ4n) is 2.78. The molecule has 1 saturated carbocycles. The molecule has 106 valence electrons. The van der Waals surface area contributed by atoms with Crippen LogP contribution in [0.2, 0.25) is 0 Å². The number of rotatable bonds is 4. The second kappa shape index (κ2) is 6.37. The fraction of sp³-hybridized carbons (Fsp3) is 0.375. The SMILES string of the molecule is NC(=O)c1ccc(C2CCC(/C=C/C(=O)O)CC2)cc1. The summed E-state index contributed by atoms with van der Waals surface area (Å²) in [4.78, 5) is 21.5. The summed E-state index contributed by atoms with van der Waals surface area (Å²) in [5.41, 5.74) is 6.99. The monoisotopic (exact) mass is 273 g/mol. The quantitative estimate of drug-likeness (QED) is 0.828. The van der Waals surface area contributed by atoms with Crippen molar-refractivity contribution in [2.24, 2.45) is 11.7 Å². The highest BCUT2D eigenvalue weighted by Crippen LogP contribution is 2.36. The normalized spacial score (nSPS) is 22.8. The molecule has 0 spiro atoms. The van der Waals surface area contributed by atoms with Crippen LogP contribution in [0.25, 0.3) is 0 Å². The average molecular weight is 273 g/mol. The van der Waals surface area contributed by atoms with Crippen LogP contribution < -0.4 is 5.73 Å². The van der Waals surface area contributed by atoms with Gasteiger partial charge in [0.25, 0.3) is 0 Å². The van der Waals surface area contributed by atoms with Crippen molar-refractivity contribution in [3.63, 3.8) is 0 Å². The van der Waals surface area contributed by atoms with Crippen molar-refractivity contribution >= 4 is 11.9 Å². The van der Waals surface area contributed by atoms with E-state index in [9.17, 15) is 9.59 Å². The van der Waals surface area contributed by atoms with Crippen molar-refractivity contribution in [3.8, 4) is 0 Å². The number of benzene rings is 1. The van der Waals surface area contributed by atoms with Crippen molar-refractivity contribution in [2.75, 3.05) is 0 Å². The van der Waals surface area contributed by atoms with E-state index in [2.05, 4.69) is 0 Å². The van der Waals surface area contributed by atoms with Gasteiger partial charge in [0.2, 0.25) is 5.91 Å². The van der Waals surface area contributed by atoms with E-state index >= 15 is 0 Å². The maximum atomic E-state index is 11.0. The molecule has 0 bridgehead atoms. The number of carboxylic acids is 1. The number of hydrogen-bond acceptors (Lipinski definition) is 2. The Morgan fingerprint density at radius 2 is 1.70 bits per heavy atom. The number of hydrogen-bond donors (Lipinski definition) is 2. The molecule has 0 radical (unpaired) electrons. The van der Waals surface area contributed by atoms with Crippen LogP contribution in [0.15, 0.2) is 36.4 Å². The van der Waals surface area contributed by atoms with Crippen LogP contribution in [0.1, 0.15) is 47.5 Å². The van der Waals surface area contributed by atoms with Crippen LogP contribution >= 0.6 is 0 Å². The molecule has 3 N–H and O–H groups in total. The molecule has 0 heterocycles. The molecule has 1 aliphatic rings. The zero-order chi connectivity index (χ0) is 14.5. The number of allylic oxidation sites excluding steroid dienone is 1. The number of carbonyl (C=O) groups excluding carboxylic acids is 1. The minimum atomic E-state index is -0.880. The summed E-state index contributed by atoms with van der Waals surface area (Å²) in [5, 5.41) is 8.62. The standard InChI is InChI=1S/C16H19NO3/c17-16(20)14-8-6-13(7-9-14)12-4-1-11(2-5-12)3-10-15(18)19/h3,6-12H,1-2,4-5H2,(H2,17,20)(H,18,19)/b10-3+. The first-order chi connectivity index (χ1) is 9.56. The number of primary amides is 1. The molecule has 0 atom stereocenters. The number of aliphatic carboxylic acids is 1. The molecule has 1 aromatic carbocycles. The summed E-state index contributed by atoms with van der Waals surface area (Å²) < 4.78 is 0. The minimum Gasteiger partial charge on any atom is -0.478 e. The molecule has 1 amide bonds. The van der Waals surface area contributed by atoms with Gasteiger partial charge in [-0.2, -0.15) is 0 Å². The van der Waals surface area contributed by atoms with E-state index in [1.165, 1.54) is 11.6 Å². The molecule has 0 aromatic heterocycles. The second-order valence-corrected chi connectivity index (χ2v) is 5.30. The highest BCUT2D eigenvalue weighted by molar-refractivity contribution is 5.92. The van der Waals surface area contributed by atoms with Crippen LogP contribution in [0.3, 0.4) is 0 Å². The van der Waals surface area contributed by atoms with E-state index < -0.39 is 11.9 Å². The second-order valence-electron chi connectivity index (χ2n) is 5.30. The number of amides is 1. The van der Waals surface area contributed by atoms with E-state index in [0.717, 1.165) is 25.7 Å². The average Bonchev–Trinajstić information content (AvgIpc) is 2.46. The Hall–Kier alpha value is -2.10. The highest BCUT2D eigenvalue weighted by Gasteiger charge is 2.21. The Morgan fingerprint density at radius 1 is 1.10 bits per heavy atom. The summed E-state index contributed by atoms with van der Waals surface area (Å²) in [6.07, 6.45) is 7.15. The van der Waals surface area contributed by atoms with Crippen LogP contribution in [0.5, 0.6) is 0 Å². The first kappa shape index (κ1) is 14.3. The van der Waals surface area contributed by atoms with Gasteiger partial charge in [-0.15, -0.1) is 0 Å². The molecule has 2 rings (SSSR count). The fourth-order valence-corrected chi connectivity index (χ4v) is 2.78. The number of carboxylic acid groups (broad SMARTS) is 1. The van der Waals surface area contributed by atoms with Crippen molar-refractivity contribution in [1.82, 2.24) is 0 Å². The van der Waals surface area contributed by atoms with Crippen LogP contribution in [-0.4, -0.2) is 17.0 Å². The first-order valence-corrected chi connectivity index (χ1v) is 6.87. The van der Waals surface area contributed by atoms with Gasteiger partial charge in [-0.1, -0.05) is 18.2 Å². The molecule has 1 aliphatic carbocycles. The van der Waals surface area contributed by atoms with E-state index in [1.807, 2.05) is 12.1 Å². The van der Waals surface area contributed by atoms with Crippen LogP contribution in [0, 0.1) is 5.92 Å². The third-order valence-corrected chi connectivity index (χ3v) is 3.95. The van der Waals surface area contributed by atoms with E-state index in [4.69, 9.17) is 10.8 Å². The van der Waals surface area contributed by atoms with Crippen LogP contribution in [-0.2, 0) is 4.79 Å². The smallest absolute Gasteiger partial charge is 0.327 e. The molecule has 4 heteroatoms. The van der Waals surface area contributed by atoms with Crippen molar-refractivity contribution in [1.29, 1.82) is 0 Å². The van der Waals surface area contributed by atoms with Gasteiger partial charge in [-0.25, -0.2) is 4.79 Å². The number of carbonyl (C=O) groups is 2. The molecule has 0 aliphatic heterocycles. The lowest BCUT2D eigenvalue weighted by Gasteiger charge is -2.27. The summed E-state index contributed by atoms with van der Waals surface area (Å²) in [6.45, 7) is 0. The van der Waals surface area contributed by atoms with E-state index in [1.54, 1.807) is 18.2 Å². The van der Waals surface area contributed by atoms with Crippen molar-refractivity contribution in [3.05, 3.63) is 47.5 Å². The Morgan fingerprint density at radius 3 is 2.20 bits per heavy atom. The summed E-state index contributed by atoms with van der Waals surface area (Å²) in [6, 6.07) is 7.48. The predicted molar refractivity (Wildman–Crippen MR) is 76.4 cm³/mol. The Kier molecular flexibility index (Phi) is 4.56. The summed E-state index contributed by atoms with van der Waals surface area (Å²) >= 11 is 0. The zero-order valence-electron chi connectivity index (χ0n) is 11.3. The lowest BCUT2D eigenvalue weighted by atomic mass is 9.78. The minimum absolute atomic E-state index is 0.368. The lowest BCUT2D eigenvalue weighted by molar-refractivity contribution is -0.131. The van der Waals surface area contributed by atoms with Gasteiger partial charge in [0.15, 0.2) is 0 Å². The predicted octanol–water partition coefficient (Wildman–Crippen LogP) is 2.70. The Labute approximate surface area is 118 Å². The topological polar surface area (TPSA) is 80.4 Å². The Bertz CT molecular complexity index is 511. The van der Waals surface area contributed by atoms with E-state index in [0.29, 0.717) is 17.4 Å². The summed E-state index contributed by atoms with van der Waals surface area (Å²) in [7, 11) is 0. The molecule has 1 fully saturated rings. The first-order valence-electron chi connectivity index (χ1n) is 6.87. The molecule has 20 heavy (non-hydrogen) atoms. The van der Waals surface area contributed by atoms with E-state index in [-0.39, 0.29) is 0 Å². The molecule has 4 nitrogen and oxygen atoms in total. The van der Waals surface area contributed by atoms with Gasteiger partial charge in [0, 0.05) is 11.6 Å². The Balaban J connectivity index is 1.93. The molecular formula is C16H19NO3. The van der Waals surface area contributed by atoms with Gasteiger partial charge in [0.1, 0.15) is 0 Å². The third-order valence-electron chi connectivity index (χ3n) is 3.95. The number of nitrogens with two attached hydrogens (primary N) is 1. The van der Waals surface area contributed by atoms with Gasteiger partial charge in [0.05, 0.1) is 0 Å². The summed E-state index contributed by atoms with van der Waals surface area (Å²) in [5.74, 6) is -0.424. The molecule has 0 unspecified atom stereocenters. The van der Waals surface area contributed by atoms with Crippen molar-refractivity contribution in [2.45, 2.75) is 31.6 Å². The molecule has 1 aromatic rings. The molecule has 0 saturated heterocycles. The van der Waals surface area contributed by atoms with Gasteiger partial charge >= 0.3 is 5.97 Å². The molecular weight excluding hydrogens is 254 g/mol. The maximum Gasteiger partial charge on any atom is 0.327 e. The lowest BCUT2D eigenvalue weighted by Crippen LogP contribution is -2.13. The third kappa shape index (κ3) is 3.70. The van der Waals surface area contributed by atoms with Gasteiger partial charge in [-0.05, 0) is 55.2 Å². The highest BCUT2D eigenvalue weighted by atomic mass is 16.4.